The van der Waals surface area contributed by atoms with Gasteiger partial charge in [0.25, 0.3) is 0 Å². The Balaban J connectivity index is 1.21. The minimum Gasteiger partial charge on any atom is -0.140 e. The molecule has 0 N–H and O–H groups in total. The van der Waals surface area contributed by atoms with Crippen molar-refractivity contribution < 1.29 is 0 Å². The van der Waals surface area contributed by atoms with Crippen LogP contribution in [0.5, 0.6) is 0 Å². The molecule has 2 heteroatoms. The molecule has 0 amide bonds. The van der Waals surface area contributed by atoms with Crippen LogP contribution in [-0.2, 0) is 34.5 Å². The fraction of sp³-hybridized carbons (Fsp3) is 0.344. The molecule has 0 saturated heterocycles. The van der Waals surface area contributed by atoms with Gasteiger partial charge in [-0.1, -0.05) is 194 Å². The molecule has 0 saturated carbocycles. The van der Waals surface area contributed by atoms with Crippen molar-refractivity contribution in [2.75, 3.05) is 0 Å². The summed E-state index contributed by atoms with van der Waals surface area (Å²) < 4.78 is 2.74. The van der Waals surface area contributed by atoms with Gasteiger partial charge in [-0.3, -0.25) is 0 Å². The maximum Gasteiger partial charge on any atom is 0.0345 e. The van der Waals surface area contributed by atoms with E-state index in [0.29, 0.717) is 11.8 Å². The van der Waals surface area contributed by atoms with Crippen LogP contribution in [-0.4, -0.2) is 0 Å². The van der Waals surface area contributed by atoms with Crippen LogP contribution < -0.4 is 0 Å². The van der Waals surface area contributed by atoms with E-state index in [1.807, 2.05) is 22.7 Å². The Bertz CT molecular complexity index is 3070. The van der Waals surface area contributed by atoms with Gasteiger partial charge in [-0.2, -0.15) is 0 Å². The molecule has 2 aromatic heterocycles. The molecule has 0 aliphatic carbocycles. The Hall–Kier alpha value is -5.02. The van der Waals surface area contributed by atoms with Crippen molar-refractivity contribution in [3.63, 3.8) is 0 Å². The van der Waals surface area contributed by atoms with E-state index in [1.165, 1.54) is 107 Å². The monoisotopic (exact) mass is 902 g/mol. The van der Waals surface area contributed by atoms with E-state index in [4.69, 9.17) is 0 Å². The Kier molecular flexibility index (Phi) is 11.8. The van der Waals surface area contributed by atoms with Gasteiger partial charge in [-0.15, -0.1) is 22.7 Å². The lowest BCUT2D eigenvalue weighted by Gasteiger charge is -2.31. The van der Waals surface area contributed by atoms with Gasteiger partial charge in [0.05, 0.1) is 0 Å². The molecule has 2 heterocycles. The number of hydrogen-bond donors (Lipinski definition) is 0. The molecule has 0 nitrogen and oxygen atoms in total. The van der Waals surface area contributed by atoms with Crippen LogP contribution in [0.1, 0.15) is 152 Å². The van der Waals surface area contributed by atoms with Gasteiger partial charge in [0, 0.05) is 19.2 Å². The minimum absolute atomic E-state index is 0.0544. The van der Waals surface area contributed by atoms with Gasteiger partial charge in [0.1, 0.15) is 0 Å². The van der Waals surface area contributed by atoms with E-state index in [9.17, 15) is 0 Å². The second-order valence-electron chi connectivity index (χ2n) is 23.4. The summed E-state index contributed by atoms with van der Waals surface area (Å²) in [5.41, 5.74) is 13.6. The highest BCUT2D eigenvalue weighted by Crippen LogP contribution is 2.46. The summed E-state index contributed by atoms with van der Waals surface area (Å²) >= 11 is 3.89. The van der Waals surface area contributed by atoms with Crippen LogP contribution in [0.2, 0.25) is 0 Å². The lowest BCUT2D eigenvalue weighted by atomic mass is 9.74. The van der Waals surface area contributed by atoms with Gasteiger partial charge in [-0.05, 0) is 171 Å². The predicted molar refractivity (Wildman–Crippen MR) is 295 cm³/mol. The molecule has 0 aliphatic heterocycles. The zero-order chi connectivity index (χ0) is 47.1. The average Bonchev–Trinajstić information content (AvgIpc) is 3.86. The summed E-state index contributed by atoms with van der Waals surface area (Å²) in [4.78, 5) is 2.88. The summed E-state index contributed by atoms with van der Waals surface area (Å²) in [5.74, 6) is 0.694. The molecule has 0 radical (unpaired) electrons. The van der Waals surface area contributed by atoms with Crippen LogP contribution in [0.4, 0.5) is 0 Å². The zero-order valence-corrected chi connectivity index (χ0v) is 43.7. The topological polar surface area (TPSA) is 0 Å². The molecule has 0 spiro atoms. The van der Waals surface area contributed by atoms with Gasteiger partial charge in [-0.25, -0.2) is 0 Å². The standard InChI is InChI=1S/C64H70S2/c1-39(2)59-54-26-24-42(34-56(54)60(40(3)4)53-25-23-41(33-55(53)59)45-27-47(61(5,6)7)35-48(28-45)62(8,9)10)46-29-49(63(11,12)37-51-31-43-19-15-17-21-57(43)65-51)36-50(30-46)64(13,14)38-52-32-44-20-16-18-22-58(44)66-52/h15-36,39-40H,37-38H2,1-14H3. The van der Waals surface area contributed by atoms with Gasteiger partial charge in [0.15, 0.2) is 0 Å². The van der Waals surface area contributed by atoms with Crippen LogP contribution in [0.15, 0.2) is 133 Å². The summed E-state index contributed by atoms with van der Waals surface area (Å²) in [5, 5.41) is 8.23. The first kappa shape index (κ1) is 46.1. The SMILES string of the molecule is CC(C)c1c2ccc(-c3cc(C(C)(C)Cc4cc5ccccc5s4)cc(C(C)(C)Cc4cc5ccccc5s4)c3)cc2c(C(C)C)c2ccc(-c3cc(C(C)(C)C)cc(C(C)(C)C)c3)cc12. The Morgan fingerprint density at radius 1 is 0.364 bits per heavy atom. The number of fused-ring (bicyclic) bond motifs is 4. The molecule has 0 unspecified atom stereocenters. The summed E-state index contributed by atoms with van der Waals surface area (Å²) in [6, 6.07) is 52.2. The number of benzene rings is 7. The molecule has 9 rings (SSSR count). The molecule has 9 aromatic rings. The molecular formula is C64H70S2. The van der Waals surface area contributed by atoms with E-state index < -0.39 is 0 Å². The Morgan fingerprint density at radius 3 is 1.09 bits per heavy atom. The van der Waals surface area contributed by atoms with Crippen molar-refractivity contribution in [2.24, 2.45) is 0 Å². The van der Waals surface area contributed by atoms with Crippen molar-refractivity contribution in [1.82, 2.24) is 0 Å². The van der Waals surface area contributed by atoms with Crippen molar-refractivity contribution in [3.05, 3.63) is 177 Å². The normalized spacial score (nSPS) is 13.1. The third-order valence-corrected chi connectivity index (χ3v) is 16.6. The highest BCUT2D eigenvalue weighted by atomic mass is 32.1. The van der Waals surface area contributed by atoms with Crippen LogP contribution >= 0.6 is 22.7 Å². The summed E-state index contributed by atoms with van der Waals surface area (Å²) in [6.07, 6.45) is 1.98. The third-order valence-electron chi connectivity index (χ3n) is 14.4. The van der Waals surface area contributed by atoms with Gasteiger partial charge >= 0.3 is 0 Å². The first-order valence-electron chi connectivity index (χ1n) is 24.4. The highest BCUT2D eigenvalue weighted by Gasteiger charge is 2.29. The van der Waals surface area contributed by atoms with E-state index in [-0.39, 0.29) is 21.7 Å². The predicted octanol–water partition coefficient (Wildman–Crippen LogP) is 19.6. The maximum absolute atomic E-state index is 2.55. The molecule has 338 valence electrons. The first-order valence-corrected chi connectivity index (χ1v) is 26.0. The van der Waals surface area contributed by atoms with Crippen molar-refractivity contribution in [1.29, 1.82) is 0 Å². The smallest absolute Gasteiger partial charge is 0.0345 e. The van der Waals surface area contributed by atoms with E-state index in [0.717, 1.165) is 12.8 Å². The number of hydrogen-bond acceptors (Lipinski definition) is 2. The maximum atomic E-state index is 2.55. The molecule has 7 aromatic carbocycles. The summed E-state index contributed by atoms with van der Waals surface area (Å²) in [6.45, 7) is 33.4. The fourth-order valence-corrected chi connectivity index (χ4v) is 13.0. The average molecular weight is 903 g/mol. The van der Waals surface area contributed by atoms with E-state index in [1.54, 1.807) is 0 Å². The van der Waals surface area contributed by atoms with Gasteiger partial charge in [0.2, 0.25) is 0 Å². The quantitative estimate of drug-likeness (QED) is 0.120. The molecule has 0 aliphatic rings. The minimum atomic E-state index is -0.0853. The lowest BCUT2D eigenvalue weighted by molar-refractivity contribution is 0.508. The fourth-order valence-electron chi connectivity index (χ4n) is 10.5. The zero-order valence-electron chi connectivity index (χ0n) is 42.1. The molecule has 0 atom stereocenters. The van der Waals surface area contributed by atoms with Gasteiger partial charge < -0.3 is 0 Å². The molecule has 0 bridgehead atoms. The molecular weight excluding hydrogens is 833 g/mol. The van der Waals surface area contributed by atoms with Crippen molar-refractivity contribution in [3.8, 4) is 22.3 Å². The van der Waals surface area contributed by atoms with Crippen LogP contribution in [0.3, 0.4) is 0 Å². The lowest BCUT2D eigenvalue weighted by Crippen LogP contribution is -2.24. The Labute approximate surface area is 404 Å². The third kappa shape index (κ3) is 8.93. The van der Waals surface area contributed by atoms with Crippen LogP contribution in [0.25, 0.3) is 64.0 Å². The second kappa shape index (κ2) is 16.9. The van der Waals surface area contributed by atoms with Crippen molar-refractivity contribution >= 4 is 64.4 Å². The molecule has 0 fully saturated rings. The largest absolute Gasteiger partial charge is 0.140 e. The Morgan fingerprint density at radius 2 is 0.727 bits per heavy atom. The first-order chi connectivity index (χ1) is 31.1. The highest BCUT2D eigenvalue weighted by molar-refractivity contribution is 7.19. The van der Waals surface area contributed by atoms with E-state index >= 15 is 0 Å². The second-order valence-corrected chi connectivity index (χ2v) is 25.7. The van der Waals surface area contributed by atoms with Crippen molar-refractivity contribution in [2.45, 2.75) is 143 Å². The molecule has 66 heavy (non-hydrogen) atoms. The van der Waals surface area contributed by atoms with E-state index in [2.05, 4.69) is 230 Å². The summed E-state index contributed by atoms with van der Waals surface area (Å²) in [7, 11) is 0. The number of rotatable bonds is 10. The number of thiophene rings is 2. The van der Waals surface area contributed by atoms with Crippen LogP contribution in [0, 0.1) is 0 Å².